The van der Waals surface area contributed by atoms with Crippen molar-refractivity contribution in [3.8, 4) is 17.2 Å². The van der Waals surface area contributed by atoms with Crippen LogP contribution in [0.2, 0.25) is 0 Å². The molecule has 39 heavy (non-hydrogen) atoms. The van der Waals surface area contributed by atoms with Gasteiger partial charge in [0.05, 0.1) is 31.7 Å². The molecule has 0 spiro atoms. The Morgan fingerprint density at radius 3 is 2.44 bits per heavy atom. The Balaban J connectivity index is 1.41. The van der Waals surface area contributed by atoms with Crippen LogP contribution in [-0.4, -0.2) is 38.2 Å². The fourth-order valence-corrected chi connectivity index (χ4v) is 5.31. The summed E-state index contributed by atoms with van der Waals surface area (Å²) in [5.74, 6) is 1.53. The van der Waals surface area contributed by atoms with Crippen molar-refractivity contribution in [3.05, 3.63) is 112 Å². The summed E-state index contributed by atoms with van der Waals surface area (Å²) in [4.78, 5) is 28.0. The first kappa shape index (κ1) is 24.6. The molecule has 5 aromatic rings. The minimum absolute atomic E-state index is 0.0905. The van der Waals surface area contributed by atoms with Crippen LogP contribution in [-0.2, 0) is 6.42 Å². The van der Waals surface area contributed by atoms with Gasteiger partial charge in [0.2, 0.25) is 0 Å². The molecule has 7 heteroatoms. The Morgan fingerprint density at radius 1 is 0.872 bits per heavy atom. The maximum absolute atomic E-state index is 14.0. The number of amides is 1. The Kier molecular flexibility index (Phi) is 6.40. The second-order valence-corrected chi connectivity index (χ2v) is 9.47. The van der Waals surface area contributed by atoms with Gasteiger partial charge >= 0.3 is 5.63 Å². The van der Waals surface area contributed by atoms with E-state index in [2.05, 4.69) is 0 Å². The van der Waals surface area contributed by atoms with E-state index in [1.165, 1.54) is 6.07 Å². The van der Waals surface area contributed by atoms with Crippen LogP contribution < -0.4 is 19.8 Å². The van der Waals surface area contributed by atoms with Crippen LogP contribution in [0.4, 0.5) is 0 Å². The zero-order chi connectivity index (χ0) is 26.9. The number of methoxy groups -OCH3 is 2. The maximum atomic E-state index is 14.0. The average molecular weight is 522 g/mol. The van der Waals surface area contributed by atoms with Crippen molar-refractivity contribution >= 4 is 27.6 Å². The summed E-state index contributed by atoms with van der Waals surface area (Å²) in [6.07, 6.45) is 0.656. The molecular formula is C32H27NO6. The number of ether oxygens (including phenoxy) is 3. The highest BCUT2D eigenvalue weighted by Gasteiger charge is 2.33. The van der Waals surface area contributed by atoms with Crippen molar-refractivity contribution < 1.29 is 23.4 Å². The van der Waals surface area contributed by atoms with Gasteiger partial charge in [-0.3, -0.25) is 4.79 Å². The lowest BCUT2D eigenvalue weighted by Gasteiger charge is -2.37. The molecule has 4 aromatic carbocycles. The fourth-order valence-electron chi connectivity index (χ4n) is 5.31. The van der Waals surface area contributed by atoms with E-state index in [-0.39, 0.29) is 12.5 Å². The van der Waals surface area contributed by atoms with E-state index in [1.54, 1.807) is 26.4 Å². The van der Waals surface area contributed by atoms with E-state index in [1.807, 2.05) is 71.6 Å². The highest BCUT2D eigenvalue weighted by Crippen LogP contribution is 2.39. The predicted molar refractivity (Wildman–Crippen MR) is 149 cm³/mol. The lowest BCUT2D eigenvalue weighted by Crippen LogP contribution is -2.42. The molecule has 0 saturated heterocycles. The van der Waals surface area contributed by atoms with Gasteiger partial charge in [0, 0.05) is 12.1 Å². The summed E-state index contributed by atoms with van der Waals surface area (Å²) in [5.41, 5.74) is 2.53. The Labute approximate surface area is 225 Å². The Bertz CT molecular complexity index is 1760. The molecular weight excluding hydrogens is 494 g/mol. The molecule has 1 atom stereocenters. The van der Waals surface area contributed by atoms with Crippen LogP contribution in [0, 0.1) is 0 Å². The molecule has 0 N–H and O–H groups in total. The number of benzene rings is 4. The average Bonchev–Trinajstić information content (AvgIpc) is 2.98. The third-order valence-corrected chi connectivity index (χ3v) is 7.27. The van der Waals surface area contributed by atoms with E-state index >= 15 is 0 Å². The minimum Gasteiger partial charge on any atom is -0.493 e. The van der Waals surface area contributed by atoms with E-state index in [9.17, 15) is 9.59 Å². The van der Waals surface area contributed by atoms with Crippen LogP contribution in [0.3, 0.4) is 0 Å². The molecule has 2 heterocycles. The SMILES string of the molecule is COc1cc2c(cc1OC)C(COc1cc(=O)oc3ccccc13)N(C(=O)c1ccc3ccccc3c1)CC2. The van der Waals surface area contributed by atoms with Crippen LogP contribution >= 0.6 is 0 Å². The molecule has 196 valence electrons. The van der Waals surface area contributed by atoms with E-state index in [4.69, 9.17) is 18.6 Å². The molecule has 0 aliphatic carbocycles. The van der Waals surface area contributed by atoms with Gasteiger partial charge in [-0.05, 0) is 64.7 Å². The van der Waals surface area contributed by atoms with Crippen molar-refractivity contribution in [2.75, 3.05) is 27.4 Å². The highest BCUT2D eigenvalue weighted by molar-refractivity contribution is 5.99. The van der Waals surface area contributed by atoms with Crippen LogP contribution in [0.1, 0.15) is 27.5 Å². The highest BCUT2D eigenvalue weighted by atomic mass is 16.5. The number of nitrogens with zero attached hydrogens (tertiary/aromatic N) is 1. The van der Waals surface area contributed by atoms with Crippen LogP contribution in [0.25, 0.3) is 21.7 Å². The monoisotopic (exact) mass is 521 g/mol. The number of hydrogen-bond donors (Lipinski definition) is 0. The minimum atomic E-state index is -0.497. The number of para-hydroxylation sites is 1. The Hall–Kier alpha value is -4.78. The smallest absolute Gasteiger partial charge is 0.339 e. The number of rotatable bonds is 6. The summed E-state index contributed by atoms with van der Waals surface area (Å²) in [6, 6.07) is 25.7. The lowest BCUT2D eigenvalue weighted by molar-refractivity contribution is 0.0590. The molecule has 1 aliphatic rings. The Morgan fingerprint density at radius 2 is 1.62 bits per heavy atom. The molecule has 1 amide bonds. The molecule has 6 rings (SSSR count). The first-order valence-corrected chi connectivity index (χ1v) is 12.8. The fraction of sp³-hybridized carbons (Fsp3) is 0.188. The number of carbonyl (C=O) groups excluding carboxylic acids is 1. The molecule has 0 saturated carbocycles. The third kappa shape index (κ3) is 4.56. The van der Waals surface area contributed by atoms with E-state index in [0.717, 1.165) is 21.9 Å². The van der Waals surface area contributed by atoms with Gasteiger partial charge in [0.25, 0.3) is 5.91 Å². The molecule has 0 radical (unpaired) electrons. The molecule has 1 aliphatic heterocycles. The standard InChI is InChI=1S/C32H27NO6/c1-36-29-16-22-13-14-33(32(35)23-12-11-20-7-3-4-8-21(20)15-23)26(25(22)17-30(29)37-2)19-38-28-18-31(34)39-27-10-6-5-9-24(27)28/h3-12,15-18,26H,13-14,19H2,1-2H3. The van der Waals surface area contributed by atoms with Crippen LogP contribution in [0.15, 0.2) is 94.1 Å². The zero-order valence-electron chi connectivity index (χ0n) is 21.7. The maximum Gasteiger partial charge on any atom is 0.339 e. The van der Waals surface area contributed by atoms with E-state index in [0.29, 0.717) is 46.7 Å². The first-order chi connectivity index (χ1) is 19.1. The van der Waals surface area contributed by atoms with Crippen molar-refractivity contribution in [2.45, 2.75) is 12.5 Å². The third-order valence-electron chi connectivity index (χ3n) is 7.27. The summed E-state index contributed by atoms with van der Waals surface area (Å²) >= 11 is 0. The van der Waals surface area contributed by atoms with Crippen molar-refractivity contribution in [1.82, 2.24) is 4.90 Å². The summed E-state index contributed by atoms with van der Waals surface area (Å²) in [5, 5.41) is 2.76. The summed E-state index contributed by atoms with van der Waals surface area (Å²) < 4.78 is 22.7. The van der Waals surface area contributed by atoms with Crippen LogP contribution in [0.5, 0.6) is 17.2 Å². The van der Waals surface area contributed by atoms with Gasteiger partial charge in [0.1, 0.15) is 17.9 Å². The normalized spacial score (nSPS) is 14.7. The largest absolute Gasteiger partial charge is 0.493 e. The van der Waals surface area contributed by atoms with Gasteiger partial charge in [0.15, 0.2) is 11.5 Å². The topological polar surface area (TPSA) is 78.2 Å². The van der Waals surface area contributed by atoms with Crippen molar-refractivity contribution in [3.63, 3.8) is 0 Å². The number of fused-ring (bicyclic) bond motifs is 3. The van der Waals surface area contributed by atoms with Gasteiger partial charge < -0.3 is 23.5 Å². The molecule has 7 nitrogen and oxygen atoms in total. The summed E-state index contributed by atoms with van der Waals surface area (Å²) in [6.45, 7) is 0.634. The number of hydrogen-bond acceptors (Lipinski definition) is 6. The van der Waals surface area contributed by atoms with E-state index < -0.39 is 11.7 Å². The van der Waals surface area contributed by atoms with Gasteiger partial charge in [-0.15, -0.1) is 0 Å². The molecule has 1 unspecified atom stereocenters. The first-order valence-electron chi connectivity index (χ1n) is 12.8. The molecule has 0 bridgehead atoms. The second kappa shape index (κ2) is 10.2. The van der Waals surface area contributed by atoms with Gasteiger partial charge in [-0.2, -0.15) is 0 Å². The van der Waals surface area contributed by atoms with Gasteiger partial charge in [-0.1, -0.05) is 42.5 Å². The quantitative estimate of drug-likeness (QED) is 0.264. The lowest BCUT2D eigenvalue weighted by atomic mass is 9.91. The number of carbonyl (C=O) groups is 1. The zero-order valence-corrected chi connectivity index (χ0v) is 21.7. The van der Waals surface area contributed by atoms with Gasteiger partial charge in [-0.25, -0.2) is 4.79 Å². The second-order valence-electron chi connectivity index (χ2n) is 9.47. The molecule has 1 aromatic heterocycles. The molecule has 0 fully saturated rings. The van der Waals surface area contributed by atoms with Crippen molar-refractivity contribution in [2.24, 2.45) is 0 Å². The predicted octanol–water partition coefficient (Wildman–Crippen LogP) is 5.78. The van der Waals surface area contributed by atoms with Crippen molar-refractivity contribution in [1.29, 1.82) is 0 Å². The summed E-state index contributed by atoms with van der Waals surface area (Å²) in [7, 11) is 3.20.